The van der Waals surface area contributed by atoms with E-state index in [0.717, 1.165) is 35.8 Å². The first-order valence-electron chi connectivity index (χ1n) is 7.71. The van der Waals surface area contributed by atoms with E-state index in [1.54, 1.807) is 12.4 Å². The van der Waals surface area contributed by atoms with Crippen molar-refractivity contribution in [3.05, 3.63) is 30.4 Å². The van der Waals surface area contributed by atoms with Crippen LogP contribution in [0.1, 0.15) is 38.6 Å². The van der Waals surface area contributed by atoms with Crippen LogP contribution in [0.15, 0.2) is 24.5 Å². The first-order valence-corrected chi connectivity index (χ1v) is 8.70. The van der Waals surface area contributed by atoms with Crippen LogP contribution in [0.2, 0.25) is 0 Å². The van der Waals surface area contributed by atoms with Gasteiger partial charge in [-0.1, -0.05) is 25.6 Å². The zero-order chi connectivity index (χ0) is 15.5. The van der Waals surface area contributed by atoms with Gasteiger partial charge in [0.1, 0.15) is 5.82 Å². The second-order valence-electron chi connectivity index (χ2n) is 5.63. The molecule has 1 aliphatic carbocycles. The van der Waals surface area contributed by atoms with E-state index in [1.807, 2.05) is 26.0 Å². The zero-order valence-corrected chi connectivity index (χ0v) is 13.7. The van der Waals surface area contributed by atoms with Gasteiger partial charge in [-0.15, -0.1) is 10.2 Å². The minimum atomic E-state index is -0.0306. The lowest BCUT2D eigenvalue weighted by Crippen LogP contribution is -2.14. The summed E-state index contributed by atoms with van der Waals surface area (Å²) in [5.74, 6) is 2.60. The van der Waals surface area contributed by atoms with Crippen molar-refractivity contribution in [1.29, 1.82) is 0 Å². The molecule has 0 amide bonds. The van der Waals surface area contributed by atoms with E-state index in [0.29, 0.717) is 12.5 Å². The van der Waals surface area contributed by atoms with Crippen LogP contribution >= 0.6 is 11.8 Å². The van der Waals surface area contributed by atoms with Gasteiger partial charge in [0.05, 0.1) is 0 Å². The van der Waals surface area contributed by atoms with Crippen molar-refractivity contribution in [3.8, 4) is 11.4 Å². The van der Waals surface area contributed by atoms with Gasteiger partial charge >= 0.3 is 0 Å². The predicted molar refractivity (Wildman–Crippen MR) is 87.5 cm³/mol. The lowest BCUT2D eigenvalue weighted by molar-refractivity contribution is -0.113. The number of carbonyl (C=O) groups excluding carboxylic acids is 1. The van der Waals surface area contributed by atoms with E-state index >= 15 is 0 Å². The van der Waals surface area contributed by atoms with Gasteiger partial charge in [-0.05, 0) is 30.7 Å². The maximum atomic E-state index is 12.0. The highest BCUT2D eigenvalue weighted by Gasteiger charge is 2.31. The molecule has 1 unspecified atom stereocenters. The van der Waals surface area contributed by atoms with Gasteiger partial charge in [-0.25, -0.2) is 0 Å². The van der Waals surface area contributed by atoms with Crippen molar-refractivity contribution in [2.45, 2.75) is 39.2 Å². The average molecular weight is 316 g/mol. The highest BCUT2D eigenvalue weighted by atomic mass is 32.2. The number of thioether (sulfide) groups is 1. The molecule has 6 heteroatoms. The molecule has 0 N–H and O–H groups in total. The summed E-state index contributed by atoms with van der Waals surface area (Å²) in [6, 6.07) is 4.39. The van der Waals surface area contributed by atoms with Gasteiger partial charge in [0.25, 0.3) is 0 Å². The molecule has 0 saturated heterocycles. The molecular formula is C16H20N4OS. The Morgan fingerprint density at radius 2 is 2.09 bits per heavy atom. The van der Waals surface area contributed by atoms with Crippen molar-refractivity contribution in [1.82, 2.24) is 19.7 Å². The van der Waals surface area contributed by atoms with Gasteiger partial charge in [0.2, 0.25) is 0 Å². The van der Waals surface area contributed by atoms with Crippen LogP contribution in [0, 0.1) is 5.92 Å². The number of aromatic nitrogens is 4. The summed E-state index contributed by atoms with van der Waals surface area (Å²) in [5, 5.41) is 8.97. The van der Waals surface area contributed by atoms with Crippen LogP contribution in [0.5, 0.6) is 0 Å². The number of rotatable bonds is 6. The molecule has 22 heavy (non-hydrogen) atoms. The highest BCUT2D eigenvalue weighted by molar-refractivity contribution is 8.13. The number of carbonyl (C=O) groups is 1. The molecule has 0 aliphatic heterocycles. The Morgan fingerprint density at radius 1 is 1.36 bits per heavy atom. The third kappa shape index (κ3) is 3.21. The molecule has 5 nitrogen and oxygen atoms in total. The van der Waals surface area contributed by atoms with E-state index in [-0.39, 0.29) is 11.0 Å². The molecule has 3 rings (SSSR count). The van der Waals surface area contributed by atoms with Gasteiger partial charge in [0.15, 0.2) is 10.9 Å². The van der Waals surface area contributed by atoms with Gasteiger partial charge in [-0.3, -0.25) is 9.78 Å². The monoisotopic (exact) mass is 316 g/mol. The maximum Gasteiger partial charge on any atom is 0.192 e. The molecule has 116 valence electrons. The van der Waals surface area contributed by atoms with Crippen LogP contribution in [-0.4, -0.2) is 30.6 Å². The van der Waals surface area contributed by atoms with E-state index in [2.05, 4.69) is 19.7 Å². The molecule has 1 atom stereocenters. The Kier molecular flexibility index (Phi) is 4.57. The molecule has 2 aromatic heterocycles. The first-order chi connectivity index (χ1) is 10.7. The molecular weight excluding hydrogens is 296 g/mol. The predicted octanol–water partition coefficient (Wildman–Crippen LogP) is 3.13. The van der Waals surface area contributed by atoms with E-state index in [4.69, 9.17) is 0 Å². The van der Waals surface area contributed by atoms with Gasteiger partial charge in [0, 0.05) is 36.3 Å². The highest BCUT2D eigenvalue weighted by Crippen LogP contribution is 2.39. The maximum absolute atomic E-state index is 12.0. The third-order valence-electron chi connectivity index (χ3n) is 3.79. The van der Waals surface area contributed by atoms with Crippen LogP contribution in [0.3, 0.4) is 0 Å². The molecule has 0 spiro atoms. The minimum Gasteiger partial charge on any atom is -0.308 e. The van der Waals surface area contributed by atoms with Crippen molar-refractivity contribution < 1.29 is 4.79 Å². The second-order valence-corrected chi connectivity index (χ2v) is 6.90. The van der Waals surface area contributed by atoms with E-state index in [9.17, 15) is 4.79 Å². The largest absolute Gasteiger partial charge is 0.308 e. The molecule has 1 fully saturated rings. The summed E-state index contributed by atoms with van der Waals surface area (Å²) in [7, 11) is 0. The summed E-state index contributed by atoms with van der Waals surface area (Å²) in [6.45, 7) is 3.98. The van der Waals surface area contributed by atoms with Gasteiger partial charge < -0.3 is 4.57 Å². The summed E-state index contributed by atoms with van der Waals surface area (Å²) in [4.78, 5) is 16.1. The molecule has 0 radical (unpaired) electrons. The molecule has 0 aromatic carbocycles. The van der Waals surface area contributed by atoms with Crippen molar-refractivity contribution in [2.75, 3.05) is 5.75 Å². The van der Waals surface area contributed by atoms with Crippen LogP contribution in [-0.2, 0) is 11.2 Å². The van der Waals surface area contributed by atoms with E-state index in [1.165, 1.54) is 11.8 Å². The lowest BCUT2D eigenvalue weighted by Gasteiger charge is -2.12. The number of hydrogen-bond donors (Lipinski definition) is 0. The number of nitrogens with zero attached hydrogens (tertiary/aromatic N) is 4. The molecule has 2 aromatic rings. The fraction of sp³-hybridized carbons (Fsp3) is 0.500. The topological polar surface area (TPSA) is 60.7 Å². The Hall–Kier alpha value is -1.69. The Labute approximate surface area is 134 Å². The summed E-state index contributed by atoms with van der Waals surface area (Å²) in [5.41, 5.74) is 1.03. The molecule has 1 aliphatic rings. The zero-order valence-electron chi connectivity index (χ0n) is 12.9. The first kappa shape index (κ1) is 15.2. The normalized spacial score (nSPS) is 15.7. The van der Waals surface area contributed by atoms with E-state index < -0.39 is 0 Å². The Morgan fingerprint density at radius 3 is 2.73 bits per heavy atom. The minimum absolute atomic E-state index is 0.0306. The number of hydrogen-bond acceptors (Lipinski definition) is 5. The molecule has 0 bridgehead atoms. The smallest absolute Gasteiger partial charge is 0.192 e. The van der Waals surface area contributed by atoms with Gasteiger partial charge in [-0.2, -0.15) is 0 Å². The average Bonchev–Trinajstić information content (AvgIpc) is 3.29. The van der Waals surface area contributed by atoms with Crippen LogP contribution < -0.4 is 0 Å². The van der Waals surface area contributed by atoms with Crippen molar-refractivity contribution in [2.24, 2.45) is 5.92 Å². The lowest BCUT2D eigenvalue weighted by atomic mass is 10.1. The Balaban J connectivity index is 1.86. The summed E-state index contributed by atoms with van der Waals surface area (Å²) >= 11 is 1.39. The summed E-state index contributed by atoms with van der Waals surface area (Å²) in [6.07, 6.45) is 6.51. The second kappa shape index (κ2) is 6.60. The van der Waals surface area contributed by atoms with Crippen molar-refractivity contribution in [3.63, 3.8) is 0 Å². The van der Waals surface area contributed by atoms with Crippen molar-refractivity contribution >= 4 is 16.9 Å². The number of pyridine rings is 1. The van der Waals surface area contributed by atoms with Crippen LogP contribution in [0.4, 0.5) is 0 Å². The Bertz CT molecular complexity index is 651. The fourth-order valence-electron chi connectivity index (χ4n) is 2.52. The fourth-order valence-corrected chi connectivity index (χ4v) is 3.17. The van der Waals surface area contributed by atoms with Crippen LogP contribution in [0.25, 0.3) is 11.4 Å². The SMILES string of the molecule is CCSC(=O)C(C)Cc1nnc(-c2ccncc2)n1C1CC1. The third-order valence-corrected chi connectivity index (χ3v) is 4.77. The molecule has 1 saturated carbocycles. The quantitative estimate of drug-likeness (QED) is 0.819. The standard InChI is InChI=1S/C16H20N4OS/c1-3-22-16(21)11(2)10-14-18-19-15(20(14)13-4-5-13)12-6-8-17-9-7-12/h6-9,11,13H,3-5,10H2,1-2H3. The molecule has 2 heterocycles. The summed E-state index contributed by atoms with van der Waals surface area (Å²) < 4.78 is 2.22.